The minimum Gasteiger partial charge on any atom is -0.467 e. The highest BCUT2D eigenvalue weighted by molar-refractivity contribution is 5.79. The number of methoxy groups -OCH3 is 1. The van der Waals surface area contributed by atoms with E-state index in [1.54, 1.807) is 0 Å². The highest BCUT2D eigenvalue weighted by Gasteiger charge is 2.20. The molecule has 0 fully saturated rings. The summed E-state index contributed by atoms with van der Waals surface area (Å²) in [7, 11) is 1.17. The number of esters is 1. The fourth-order valence-corrected chi connectivity index (χ4v) is 1.20. The summed E-state index contributed by atoms with van der Waals surface area (Å²) in [4.78, 5) is 24.7. The number of nitrogens with zero attached hydrogens (tertiary/aromatic N) is 2. The highest BCUT2D eigenvalue weighted by atomic mass is 16.6. The molecule has 9 heteroatoms. The van der Waals surface area contributed by atoms with Gasteiger partial charge in [-0.3, -0.25) is 10.1 Å². The Morgan fingerprint density at radius 1 is 1.72 bits per heavy atom. The molecular formula is C9H12N4O5. The van der Waals surface area contributed by atoms with Gasteiger partial charge in [0.25, 0.3) is 0 Å². The van der Waals surface area contributed by atoms with Gasteiger partial charge >= 0.3 is 11.7 Å². The molecule has 1 heterocycles. The summed E-state index contributed by atoms with van der Waals surface area (Å²) in [6.07, 6.45) is 0. The smallest absolute Gasteiger partial charge is 0.330 e. The first-order valence-electron chi connectivity index (χ1n) is 4.85. The van der Waals surface area contributed by atoms with E-state index in [4.69, 9.17) is 10.8 Å². The van der Waals surface area contributed by atoms with Crippen LogP contribution in [0.3, 0.4) is 0 Å². The van der Waals surface area contributed by atoms with E-state index in [9.17, 15) is 14.9 Å². The Hall–Kier alpha value is -2.42. The molecule has 0 aliphatic heterocycles. The summed E-state index contributed by atoms with van der Waals surface area (Å²) < 4.78 is 4.44. The Morgan fingerprint density at radius 2 is 2.39 bits per heavy atom. The van der Waals surface area contributed by atoms with E-state index in [2.05, 4.69) is 15.0 Å². The Kier molecular flexibility index (Phi) is 4.38. The van der Waals surface area contributed by atoms with E-state index in [1.165, 1.54) is 13.2 Å². The molecule has 0 spiro atoms. The summed E-state index contributed by atoms with van der Waals surface area (Å²) in [6.45, 7) is -0.509. The van der Waals surface area contributed by atoms with E-state index in [0.717, 1.165) is 6.07 Å². The van der Waals surface area contributed by atoms with E-state index in [-0.39, 0.29) is 17.3 Å². The van der Waals surface area contributed by atoms with E-state index in [0.29, 0.717) is 0 Å². The zero-order valence-electron chi connectivity index (χ0n) is 9.49. The Balaban J connectivity index is 2.88. The molecule has 1 aromatic rings. The molecule has 1 atom stereocenters. The van der Waals surface area contributed by atoms with Crippen LogP contribution in [0.1, 0.15) is 0 Å². The number of pyridine rings is 1. The molecule has 0 aromatic carbocycles. The van der Waals surface area contributed by atoms with Gasteiger partial charge in [-0.1, -0.05) is 0 Å². The van der Waals surface area contributed by atoms with Crippen LogP contribution in [0.4, 0.5) is 17.3 Å². The van der Waals surface area contributed by atoms with Crippen molar-refractivity contribution in [2.24, 2.45) is 0 Å². The monoisotopic (exact) mass is 256 g/mol. The third-order valence-electron chi connectivity index (χ3n) is 2.09. The topological polar surface area (TPSA) is 141 Å². The lowest BCUT2D eigenvalue weighted by atomic mass is 10.3. The van der Waals surface area contributed by atoms with Crippen molar-refractivity contribution >= 4 is 23.3 Å². The lowest BCUT2D eigenvalue weighted by Gasteiger charge is -2.14. The van der Waals surface area contributed by atoms with Gasteiger partial charge in [-0.2, -0.15) is 0 Å². The van der Waals surface area contributed by atoms with Crippen LogP contribution in [0.2, 0.25) is 0 Å². The predicted octanol–water partition coefficient (Wildman–Crippen LogP) is -0.482. The number of aliphatic hydroxyl groups is 1. The molecule has 0 bridgehead atoms. The summed E-state index contributed by atoms with van der Waals surface area (Å²) in [5, 5.41) is 22.0. The number of rotatable bonds is 5. The van der Waals surface area contributed by atoms with E-state index in [1.807, 2.05) is 0 Å². The van der Waals surface area contributed by atoms with Crippen molar-refractivity contribution in [2.45, 2.75) is 6.04 Å². The molecule has 1 unspecified atom stereocenters. The zero-order chi connectivity index (χ0) is 13.7. The number of ether oxygens (including phenoxy) is 1. The van der Waals surface area contributed by atoms with Gasteiger partial charge in [-0.25, -0.2) is 9.78 Å². The molecule has 0 aliphatic rings. The van der Waals surface area contributed by atoms with Gasteiger partial charge in [0.05, 0.1) is 18.6 Å². The molecule has 18 heavy (non-hydrogen) atoms. The van der Waals surface area contributed by atoms with Gasteiger partial charge in [-0.15, -0.1) is 0 Å². The molecule has 4 N–H and O–H groups in total. The van der Waals surface area contributed by atoms with E-state index < -0.39 is 23.5 Å². The summed E-state index contributed by atoms with van der Waals surface area (Å²) in [5.41, 5.74) is 5.04. The summed E-state index contributed by atoms with van der Waals surface area (Å²) in [6, 6.07) is 1.42. The molecule has 0 radical (unpaired) electrons. The number of hydrogen-bond acceptors (Lipinski definition) is 8. The van der Waals surface area contributed by atoms with Crippen LogP contribution in [-0.2, 0) is 9.53 Å². The molecule has 0 aliphatic carbocycles. The van der Waals surface area contributed by atoms with Gasteiger partial charge in [-0.05, 0) is 6.07 Å². The second-order valence-electron chi connectivity index (χ2n) is 3.26. The fourth-order valence-electron chi connectivity index (χ4n) is 1.20. The van der Waals surface area contributed by atoms with Crippen LogP contribution in [0, 0.1) is 10.1 Å². The summed E-state index contributed by atoms with van der Waals surface area (Å²) >= 11 is 0. The third kappa shape index (κ3) is 3.04. The maximum Gasteiger partial charge on any atom is 0.330 e. The van der Waals surface area contributed by atoms with Crippen molar-refractivity contribution in [3.05, 3.63) is 22.2 Å². The van der Waals surface area contributed by atoms with Gasteiger partial charge < -0.3 is 20.9 Å². The highest BCUT2D eigenvalue weighted by Crippen LogP contribution is 2.21. The van der Waals surface area contributed by atoms with Gasteiger partial charge in [0, 0.05) is 6.07 Å². The number of hydrogen-bond donors (Lipinski definition) is 3. The average Bonchev–Trinajstić information content (AvgIpc) is 2.34. The first-order chi connectivity index (χ1) is 8.49. The van der Waals surface area contributed by atoms with Crippen molar-refractivity contribution in [1.82, 2.24) is 4.98 Å². The lowest BCUT2D eigenvalue weighted by Crippen LogP contribution is -2.34. The number of nitrogens with one attached hydrogen (secondary N) is 1. The third-order valence-corrected chi connectivity index (χ3v) is 2.09. The van der Waals surface area contributed by atoms with Crippen LogP contribution in [-0.4, -0.2) is 40.7 Å². The number of nitrogens with two attached hydrogens (primary N) is 1. The molecule has 1 rings (SSSR count). The minimum absolute atomic E-state index is 0.127. The number of aliphatic hydroxyl groups excluding tert-OH is 1. The quantitative estimate of drug-likeness (QED) is 0.364. The zero-order valence-corrected chi connectivity index (χ0v) is 9.49. The molecule has 0 saturated heterocycles. The Morgan fingerprint density at radius 3 is 2.83 bits per heavy atom. The van der Waals surface area contributed by atoms with Crippen molar-refractivity contribution in [2.75, 3.05) is 24.8 Å². The van der Waals surface area contributed by atoms with Gasteiger partial charge in [0.1, 0.15) is 11.9 Å². The Labute approximate surface area is 102 Å². The molecule has 98 valence electrons. The van der Waals surface area contributed by atoms with Gasteiger partial charge in [0.2, 0.25) is 5.82 Å². The van der Waals surface area contributed by atoms with Crippen LogP contribution >= 0.6 is 0 Å². The SMILES string of the molecule is COC(=O)C(CO)Nc1ccc([N+](=O)[O-])c(N)n1. The minimum atomic E-state index is -1.01. The second kappa shape index (κ2) is 5.77. The number of anilines is 2. The van der Waals surface area contributed by atoms with Gasteiger partial charge in [0.15, 0.2) is 0 Å². The normalized spacial score (nSPS) is 11.7. The van der Waals surface area contributed by atoms with Crippen molar-refractivity contribution in [3.8, 4) is 0 Å². The number of aromatic nitrogens is 1. The molecule has 0 saturated carbocycles. The molecule has 0 amide bonds. The summed E-state index contributed by atoms with van der Waals surface area (Å²) in [5.74, 6) is -0.842. The second-order valence-corrected chi connectivity index (χ2v) is 3.26. The first-order valence-corrected chi connectivity index (χ1v) is 4.85. The molecule has 1 aromatic heterocycles. The number of nitro groups is 1. The maximum absolute atomic E-state index is 11.2. The van der Waals surface area contributed by atoms with Crippen LogP contribution in [0.25, 0.3) is 0 Å². The van der Waals surface area contributed by atoms with Crippen LogP contribution < -0.4 is 11.1 Å². The first kappa shape index (κ1) is 13.6. The Bertz CT molecular complexity index is 464. The standard InChI is InChI=1S/C9H12N4O5/c1-18-9(15)5(4-14)11-7-3-2-6(13(16)17)8(10)12-7/h2-3,5,14H,4H2,1H3,(H3,10,11,12). The lowest BCUT2D eigenvalue weighted by molar-refractivity contribution is -0.384. The fraction of sp³-hybridized carbons (Fsp3) is 0.333. The van der Waals surface area contributed by atoms with Crippen molar-refractivity contribution < 1.29 is 19.6 Å². The van der Waals surface area contributed by atoms with Crippen molar-refractivity contribution in [1.29, 1.82) is 0 Å². The number of carbonyl (C=O) groups excluding carboxylic acids is 1. The predicted molar refractivity (Wildman–Crippen MR) is 61.8 cm³/mol. The molecule has 9 nitrogen and oxygen atoms in total. The number of carbonyl (C=O) groups is 1. The maximum atomic E-state index is 11.2. The van der Waals surface area contributed by atoms with Crippen molar-refractivity contribution in [3.63, 3.8) is 0 Å². The van der Waals surface area contributed by atoms with E-state index >= 15 is 0 Å². The largest absolute Gasteiger partial charge is 0.467 e. The average molecular weight is 256 g/mol. The number of nitrogen functional groups attached to an aromatic ring is 1. The molecular weight excluding hydrogens is 244 g/mol. The van der Waals surface area contributed by atoms with Crippen LogP contribution in [0.15, 0.2) is 12.1 Å². The van der Waals surface area contributed by atoms with Crippen LogP contribution in [0.5, 0.6) is 0 Å².